The number of hydrogen-bond donors (Lipinski definition) is 1. The van der Waals surface area contributed by atoms with Crippen LogP contribution in [-0.4, -0.2) is 90.9 Å². The molecular formula is C25H31N7O3S. The smallest absolute Gasteiger partial charge is 0.148 e. The number of morpholine rings is 1. The molecule has 2 aliphatic heterocycles. The van der Waals surface area contributed by atoms with Crippen LogP contribution in [0.1, 0.15) is 25.3 Å². The molecule has 0 spiro atoms. The molecular weight excluding hydrogens is 478 g/mol. The van der Waals surface area contributed by atoms with E-state index in [4.69, 9.17) is 9.72 Å². The Morgan fingerprint density at radius 1 is 1.25 bits per heavy atom. The predicted octanol–water partition coefficient (Wildman–Crippen LogP) is 2.15. The van der Waals surface area contributed by atoms with Gasteiger partial charge in [0, 0.05) is 50.2 Å². The van der Waals surface area contributed by atoms with Crippen molar-refractivity contribution in [1.82, 2.24) is 25.1 Å². The average Bonchev–Trinajstić information content (AvgIpc) is 3.41. The highest BCUT2D eigenvalue weighted by Gasteiger charge is 2.39. The van der Waals surface area contributed by atoms with E-state index in [0.717, 1.165) is 34.5 Å². The molecule has 5 rings (SSSR count). The first-order chi connectivity index (χ1) is 17.3. The number of piperidine rings is 1. The van der Waals surface area contributed by atoms with Crippen LogP contribution < -0.4 is 4.90 Å². The summed E-state index contributed by atoms with van der Waals surface area (Å²) in [4.78, 5) is 14.1. The Morgan fingerprint density at radius 2 is 2.06 bits per heavy atom. The number of ether oxygens (including phenoxy) is 1. The maximum Gasteiger partial charge on any atom is 0.148 e. The minimum atomic E-state index is -3.03. The molecule has 190 valence electrons. The van der Waals surface area contributed by atoms with E-state index in [9.17, 15) is 13.7 Å². The zero-order valence-electron chi connectivity index (χ0n) is 20.6. The lowest BCUT2D eigenvalue weighted by Crippen LogP contribution is -2.45. The van der Waals surface area contributed by atoms with Crippen LogP contribution >= 0.6 is 0 Å². The van der Waals surface area contributed by atoms with Crippen LogP contribution in [0.25, 0.3) is 22.3 Å². The molecule has 0 amide bonds. The van der Waals surface area contributed by atoms with Crippen LogP contribution in [0.15, 0.2) is 30.6 Å². The van der Waals surface area contributed by atoms with Crippen molar-refractivity contribution in [3.63, 3.8) is 0 Å². The lowest BCUT2D eigenvalue weighted by molar-refractivity contribution is 0.0985. The standard InChI is InChI=1S/C25H31N7O3S/c1-18-16-35-13-11-32(18)22-15-20(19-3-7-27-24(23(19)29-22)21-4-8-28-30-21)25(17-26)5-9-31(10-6-25)12-14-36(2,33)34/h3-4,7-8,15,18H,5-6,9-14,16H2,1-2H3,(H,28,30)/t18-/m1/s1. The Bertz CT molecular complexity index is 1380. The first-order valence-corrected chi connectivity index (χ1v) is 14.3. The van der Waals surface area contributed by atoms with Crippen LogP contribution in [-0.2, 0) is 20.0 Å². The molecule has 36 heavy (non-hydrogen) atoms. The Labute approximate surface area is 211 Å². The van der Waals surface area contributed by atoms with Crippen molar-refractivity contribution in [2.45, 2.75) is 31.2 Å². The Kier molecular flexibility index (Phi) is 6.68. The second kappa shape index (κ2) is 9.76. The van der Waals surface area contributed by atoms with Gasteiger partial charge in [0.15, 0.2) is 0 Å². The van der Waals surface area contributed by atoms with Crippen LogP contribution in [0.4, 0.5) is 5.82 Å². The van der Waals surface area contributed by atoms with Crippen molar-refractivity contribution < 1.29 is 13.2 Å². The maximum absolute atomic E-state index is 11.7. The molecule has 2 aliphatic rings. The lowest BCUT2D eigenvalue weighted by atomic mass is 9.72. The number of likely N-dealkylation sites (tertiary alicyclic amines) is 1. The van der Waals surface area contributed by atoms with E-state index < -0.39 is 15.3 Å². The molecule has 0 aromatic carbocycles. The molecule has 11 heteroatoms. The molecule has 3 aromatic heterocycles. The number of nitriles is 1. The van der Waals surface area contributed by atoms with Crippen molar-refractivity contribution in [3.8, 4) is 17.5 Å². The predicted molar refractivity (Wildman–Crippen MR) is 137 cm³/mol. The molecule has 0 radical (unpaired) electrons. The quantitative estimate of drug-likeness (QED) is 0.531. The fourth-order valence-corrected chi connectivity index (χ4v) is 5.82. The van der Waals surface area contributed by atoms with Crippen molar-refractivity contribution in [2.24, 2.45) is 0 Å². The summed E-state index contributed by atoms with van der Waals surface area (Å²) in [5, 5.41) is 18.6. The number of fused-ring (bicyclic) bond motifs is 1. The molecule has 0 bridgehead atoms. The van der Waals surface area contributed by atoms with Gasteiger partial charge in [0.1, 0.15) is 26.9 Å². The molecule has 2 saturated heterocycles. The molecule has 1 N–H and O–H groups in total. The monoisotopic (exact) mass is 509 g/mol. The van der Waals surface area contributed by atoms with Crippen molar-refractivity contribution >= 4 is 26.6 Å². The van der Waals surface area contributed by atoms with Gasteiger partial charge < -0.3 is 14.5 Å². The molecule has 3 aromatic rings. The van der Waals surface area contributed by atoms with E-state index in [-0.39, 0.29) is 11.8 Å². The average molecular weight is 510 g/mol. The van der Waals surface area contributed by atoms with Crippen LogP contribution in [0.3, 0.4) is 0 Å². The second-order valence-corrected chi connectivity index (χ2v) is 12.1. The number of rotatable bonds is 6. The van der Waals surface area contributed by atoms with Gasteiger partial charge in [-0.25, -0.2) is 13.4 Å². The number of aromatic amines is 1. The summed E-state index contributed by atoms with van der Waals surface area (Å²) in [6, 6.07) is 8.70. The van der Waals surface area contributed by atoms with Crippen molar-refractivity contribution in [3.05, 3.63) is 36.2 Å². The Morgan fingerprint density at radius 3 is 2.72 bits per heavy atom. The molecule has 0 unspecified atom stereocenters. The first kappa shape index (κ1) is 24.6. The van der Waals surface area contributed by atoms with Crippen LogP contribution in [0, 0.1) is 11.3 Å². The topological polar surface area (TPSA) is 128 Å². The number of H-pyrrole nitrogens is 1. The van der Waals surface area contributed by atoms with Crippen LogP contribution in [0.5, 0.6) is 0 Å². The van der Waals surface area contributed by atoms with Gasteiger partial charge >= 0.3 is 0 Å². The van der Waals surface area contributed by atoms with Gasteiger partial charge in [0.25, 0.3) is 0 Å². The Balaban J connectivity index is 1.60. The third kappa shape index (κ3) is 4.81. The summed E-state index contributed by atoms with van der Waals surface area (Å²) in [6.07, 6.45) is 5.94. The molecule has 0 saturated carbocycles. The highest BCUT2D eigenvalue weighted by Crippen LogP contribution is 2.41. The number of sulfone groups is 1. The van der Waals surface area contributed by atoms with Crippen molar-refractivity contribution in [2.75, 3.05) is 56.3 Å². The van der Waals surface area contributed by atoms with Gasteiger partial charge in [-0.05, 0) is 43.5 Å². The molecule has 5 heterocycles. The van der Waals surface area contributed by atoms with Gasteiger partial charge in [-0.15, -0.1) is 0 Å². The number of nitrogens with one attached hydrogen (secondary N) is 1. The number of aromatic nitrogens is 4. The van der Waals surface area contributed by atoms with Gasteiger partial charge in [0.05, 0.1) is 42.2 Å². The molecule has 10 nitrogen and oxygen atoms in total. The number of anilines is 1. The summed E-state index contributed by atoms with van der Waals surface area (Å²) >= 11 is 0. The van der Waals surface area contributed by atoms with E-state index in [2.05, 4.69) is 44.0 Å². The second-order valence-electron chi connectivity index (χ2n) is 9.84. The maximum atomic E-state index is 11.7. The minimum absolute atomic E-state index is 0.128. The normalized spacial score (nSPS) is 20.9. The van der Waals surface area contributed by atoms with Crippen LogP contribution in [0.2, 0.25) is 0 Å². The Hall–Kier alpha value is -3.07. The van der Waals surface area contributed by atoms with E-state index >= 15 is 0 Å². The first-order valence-electron chi connectivity index (χ1n) is 12.3. The molecule has 0 aliphatic carbocycles. The largest absolute Gasteiger partial charge is 0.377 e. The number of nitrogens with zero attached hydrogens (tertiary/aromatic N) is 6. The fourth-order valence-electron chi connectivity index (χ4n) is 5.23. The summed E-state index contributed by atoms with van der Waals surface area (Å²) in [5.41, 5.74) is 2.46. The van der Waals surface area contributed by atoms with Gasteiger partial charge in [-0.2, -0.15) is 10.4 Å². The minimum Gasteiger partial charge on any atom is -0.377 e. The number of pyridine rings is 2. The van der Waals surface area contributed by atoms with E-state index in [1.54, 1.807) is 12.4 Å². The van der Waals surface area contributed by atoms with Gasteiger partial charge in [-0.3, -0.25) is 10.1 Å². The lowest BCUT2D eigenvalue weighted by Gasteiger charge is -2.39. The molecule has 1 atom stereocenters. The van der Waals surface area contributed by atoms with Gasteiger partial charge in [-0.1, -0.05) is 0 Å². The van der Waals surface area contributed by atoms with Gasteiger partial charge in [0.2, 0.25) is 0 Å². The third-order valence-electron chi connectivity index (χ3n) is 7.35. The fraction of sp³-hybridized carbons (Fsp3) is 0.520. The van der Waals surface area contributed by atoms with E-state index in [0.29, 0.717) is 51.4 Å². The summed E-state index contributed by atoms with van der Waals surface area (Å²) in [7, 11) is -3.03. The molecule has 2 fully saturated rings. The third-order valence-corrected chi connectivity index (χ3v) is 8.27. The zero-order valence-corrected chi connectivity index (χ0v) is 21.5. The SMILES string of the molecule is C[C@@H]1COCCN1c1cc(C2(C#N)CCN(CCS(C)(=O)=O)CC2)c2ccnc(-c3ccn[nH]3)c2n1. The van der Waals surface area contributed by atoms with E-state index in [1.807, 2.05) is 12.1 Å². The zero-order chi connectivity index (χ0) is 25.3. The highest BCUT2D eigenvalue weighted by atomic mass is 32.2. The summed E-state index contributed by atoms with van der Waals surface area (Å²) < 4.78 is 29.0. The van der Waals surface area contributed by atoms with Crippen molar-refractivity contribution in [1.29, 1.82) is 5.26 Å². The summed E-state index contributed by atoms with van der Waals surface area (Å²) in [6.45, 7) is 5.89. The van der Waals surface area contributed by atoms with E-state index in [1.165, 1.54) is 6.26 Å². The highest BCUT2D eigenvalue weighted by molar-refractivity contribution is 7.90. The summed E-state index contributed by atoms with van der Waals surface area (Å²) in [5.74, 6) is 0.944. The number of hydrogen-bond acceptors (Lipinski definition) is 9.